The molecular formula is C22H22N6O3. The lowest BCUT2D eigenvalue weighted by molar-refractivity contribution is -0.384. The summed E-state index contributed by atoms with van der Waals surface area (Å²) in [4.78, 5) is 24.9. The van der Waals surface area contributed by atoms with Crippen LogP contribution in [0.1, 0.15) is 34.5 Å². The van der Waals surface area contributed by atoms with Gasteiger partial charge < -0.3 is 4.90 Å². The van der Waals surface area contributed by atoms with Gasteiger partial charge in [-0.05, 0) is 44.0 Å². The SMILES string of the molecule is Cc1nn(-c2ccccc2)c(N2CCCC2)c1/C=N/NC(=O)c1ccc([N+](=O)[O-])cc1. The zero-order valence-corrected chi connectivity index (χ0v) is 17.1. The second-order valence-electron chi connectivity index (χ2n) is 7.27. The number of anilines is 1. The van der Waals surface area contributed by atoms with Gasteiger partial charge in [-0.1, -0.05) is 18.2 Å². The van der Waals surface area contributed by atoms with Crippen LogP contribution in [0.25, 0.3) is 5.69 Å². The van der Waals surface area contributed by atoms with Gasteiger partial charge in [-0.2, -0.15) is 10.2 Å². The number of carbonyl (C=O) groups is 1. The Morgan fingerprint density at radius 3 is 2.45 bits per heavy atom. The molecule has 0 unspecified atom stereocenters. The molecule has 31 heavy (non-hydrogen) atoms. The highest BCUT2D eigenvalue weighted by molar-refractivity contribution is 5.96. The summed E-state index contributed by atoms with van der Waals surface area (Å²) in [5.41, 5.74) is 5.32. The highest BCUT2D eigenvalue weighted by Crippen LogP contribution is 2.29. The third-order valence-corrected chi connectivity index (χ3v) is 5.19. The number of benzene rings is 2. The summed E-state index contributed by atoms with van der Waals surface area (Å²) in [6.45, 7) is 3.79. The number of hydrogen-bond acceptors (Lipinski definition) is 6. The van der Waals surface area contributed by atoms with Crippen LogP contribution in [0.4, 0.5) is 11.5 Å². The predicted octanol–water partition coefficient (Wildman–Crippen LogP) is 3.45. The number of nitro groups is 1. The zero-order valence-electron chi connectivity index (χ0n) is 17.1. The number of non-ortho nitro benzene ring substituents is 1. The van der Waals surface area contributed by atoms with Crippen molar-refractivity contribution in [2.45, 2.75) is 19.8 Å². The van der Waals surface area contributed by atoms with Crippen molar-refractivity contribution in [3.63, 3.8) is 0 Å². The lowest BCUT2D eigenvalue weighted by Gasteiger charge is -2.20. The first-order chi connectivity index (χ1) is 15.0. The van der Waals surface area contributed by atoms with E-state index in [9.17, 15) is 14.9 Å². The van der Waals surface area contributed by atoms with Gasteiger partial charge in [0, 0.05) is 30.8 Å². The van der Waals surface area contributed by atoms with Crippen LogP contribution in [0.5, 0.6) is 0 Å². The van der Waals surface area contributed by atoms with Gasteiger partial charge in [0.05, 0.1) is 28.1 Å². The number of hydrogen-bond donors (Lipinski definition) is 1. The lowest BCUT2D eigenvalue weighted by Crippen LogP contribution is -2.23. The minimum absolute atomic E-state index is 0.0701. The molecule has 4 rings (SSSR count). The van der Waals surface area contributed by atoms with E-state index in [1.807, 2.05) is 41.9 Å². The summed E-state index contributed by atoms with van der Waals surface area (Å²) in [7, 11) is 0. The van der Waals surface area contributed by atoms with Gasteiger partial charge in [-0.3, -0.25) is 14.9 Å². The quantitative estimate of drug-likeness (QED) is 0.375. The topological polar surface area (TPSA) is 106 Å². The molecule has 0 bridgehead atoms. The normalized spacial score (nSPS) is 13.6. The van der Waals surface area contributed by atoms with Crippen LogP contribution in [-0.2, 0) is 0 Å². The largest absolute Gasteiger partial charge is 0.356 e. The van der Waals surface area contributed by atoms with Crippen molar-refractivity contribution in [3.8, 4) is 5.69 Å². The van der Waals surface area contributed by atoms with Crippen molar-refractivity contribution < 1.29 is 9.72 Å². The van der Waals surface area contributed by atoms with Crippen molar-refractivity contribution in [2.24, 2.45) is 5.10 Å². The molecule has 9 nitrogen and oxygen atoms in total. The Hall–Kier alpha value is -4.01. The molecule has 0 aliphatic carbocycles. The van der Waals surface area contributed by atoms with Crippen molar-refractivity contribution in [3.05, 3.63) is 81.5 Å². The second-order valence-corrected chi connectivity index (χ2v) is 7.27. The molecule has 0 saturated carbocycles. The van der Waals surface area contributed by atoms with Gasteiger partial charge in [0.15, 0.2) is 0 Å². The third-order valence-electron chi connectivity index (χ3n) is 5.19. The van der Waals surface area contributed by atoms with E-state index in [0.717, 1.165) is 48.7 Å². The average Bonchev–Trinajstić information content (AvgIpc) is 3.42. The third kappa shape index (κ3) is 4.30. The van der Waals surface area contributed by atoms with Crippen LogP contribution in [0.3, 0.4) is 0 Å². The maximum atomic E-state index is 12.3. The Labute approximate surface area is 179 Å². The number of rotatable bonds is 6. The van der Waals surface area contributed by atoms with Crippen LogP contribution in [0.2, 0.25) is 0 Å². The molecule has 3 aromatic rings. The fourth-order valence-electron chi connectivity index (χ4n) is 3.62. The van der Waals surface area contributed by atoms with Gasteiger partial charge >= 0.3 is 0 Å². The molecule has 9 heteroatoms. The van der Waals surface area contributed by atoms with Crippen molar-refractivity contribution in [1.82, 2.24) is 15.2 Å². The predicted molar refractivity (Wildman–Crippen MR) is 118 cm³/mol. The molecule has 158 valence electrons. The standard InChI is InChI=1S/C22H22N6O3/c1-16-20(15-23-24-21(29)17-9-11-19(12-10-17)28(30)31)22(26-13-5-6-14-26)27(25-16)18-7-3-2-4-8-18/h2-4,7-12,15H,5-6,13-14H2,1H3,(H,24,29)/b23-15+. The summed E-state index contributed by atoms with van der Waals surface area (Å²) >= 11 is 0. The minimum atomic E-state index is -0.507. The van der Waals surface area contributed by atoms with Gasteiger partial charge in [0.2, 0.25) is 0 Å². The summed E-state index contributed by atoms with van der Waals surface area (Å²) in [6, 6.07) is 15.3. The van der Waals surface area contributed by atoms with Crippen LogP contribution in [-0.4, -0.2) is 39.9 Å². The first-order valence-corrected chi connectivity index (χ1v) is 10.0. The number of carbonyl (C=O) groups excluding carboxylic acids is 1. The summed E-state index contributed by atoms with van der Waals surface area (Å²) < 4.78 is 1.92. The van der Waals surface area contributed by atoms with Crippen LogP contribution in [0.15, 0.2) is 59.7 Å². The van der Waals surface area contributed by atoms with Crippen molar-refractivity contribution >= 4 is 23.6 Å². The Morgan fingerprint density at radius 1 is 1.13 bits per heavy atom. The maximum absolute atomic E-state index is 12.3. The van der Waals surface area contributed by atoms with E-state index in [1.54, 1.807) is 6.21 Å². The molecule has 1 aliphatic rings. The summed E-state index contributed by atoms with van der Waals surface area (Å²) in [5.74, 6) is 0.511. The number of hydrazone groups is 1. The first-order valence-electron chi connectivity index (χ1n) is 10.0. The number of aromatic nitrogens is 2. The Morgan fingerprint density at radius 2 is 1.81 bits per heavy atom. The number of nitrogens with zero attached hydrogens (tertiary/aromatic N) is 5. The lowest BCUT2D eigenvalue weighted by atomic mass is 10.2. The molecule has 0 atom stereocenters. The van der Waals surface area contributed by atoms with E-state index < -0.39 is 10.8 Å². The fraction of sp³-hybridized carbons (Fsp3) is 0.227. The zero-order chi connectivity index (χ0) is 21.8. The van der Waals surface area contributed by atoms with Gasteiger partial charge in [-0.25, -0.2) is 10.1 Å². The van der Waals surface area contributed by atoms with Crippen LogP contribution >= 0.6 is 0 Å². The van der Waals surface area contributed by atoms with E-state index in [2.05, 4.69) is 15.4 Å². The highest BCUT2D eigenvalue weighted by atomic mass is 16.6. The molecule has 1 saturated heterocycles. The van der Waals surface area contributed by atoms with E-state index in [-0.39, 0.29) is 5.69 Å². The number of nitrogens with one attached hydrogen (secondary N) is 1. The molecular weight excluding hydrogens is 396 g/mol. The van der Waals surface area contributed by atoms with E-state index in [0.29, 0.717) is 5.56 Å². The maximum Gasteiger partial charge on any atom is 0.271 e. The van der Waals surface area contributed by atoms with E-state index >= 15 is 0 Å². The summed E-state index contributed by atoms with van der Waals surface area (Å²) in [5, 5.41) is 19.6. The second kappa shape index (κ2) is 8.78. The van der Waals surface area contributed by atoms with Crippen molar-refractivity contribution in [1.29, 1.82) is 0 Å². The van der Waals surface area contributed by atoms with Gasteiger partial charge in [-0.15, -0.1) is 0 Å². The Balaban J connectivity index is 1.59. The molecule has 1 aliphatic heterocycles. The molecule has 0 spiro atoms. The number of nitro benzene ring substituents is 1. The monoisotopic (exact) mass is 418 g/mol. The highest BCUT2D eigenvalue weighted by Gasteiger charge is 2.23. The average molecular weight is 418 g/mol. The molecule has 1 N–H and O–H groups in total. The molecule has 2 heterocycles. The first kappa shape index (κ1) is 20.3. The molecule has 1 aromatic heterocycles. The van der Waals surface area contributed by atoms with Gasteiger partial charge in [0.25, 0.3) is 11.6 Å². The molecule has 2 aromatic carbocycles. The van der Waals surface area contributed by atoms with E-state index in [1.165, 1.54) is 24.3 Å². The Bertz CT molecular complexity index is 1120. The molecule has 1 fully saturated rings. The van der Waals surface area contributed by atoms with Gasteiger partial charge in [0.1, 0.15) is 5.82 Å². The Kier molecular flexibility index (Phi) is 5.74. The number of para-hydroxylation sites is 1. The minimum Gasteiger partial charge on any atom is -0.356 e. The summed E-state index contributed by atoms with van der Waals surface area (Å²) in [6.07, 6.45) is 3.84. The van der Waals surface area contributed by atoms with Crippen LogP contribution in [0, 0.1) is 17.0 Å². The number of amides is 1. The number of aryl methyl sites for hydroxylation is 1. The van der Waals surface area contributed by atoms with Crippen LogP contribution < -0.4 is 10.3 Å². The molecule has 0 radical (unpaired) electrons. The molecule has 1 amide bonds. The van der Waals surface area contributed by atoms with Crippen molar-refractivity contribution in [2.75, 3.05) is 18.0 Å². The van der Waals surface area contributed by atoms with E-state index in [4.69, 9.17) is 5.10 Å². The smallest absolute Gasteiger partial charge is 0.271 e. The fourth-order valence-corrected chi connectivity index (χ4v) is 3.62.